The second kappa shape index (κ2) is 7.18. The number of hydrogen-bond acceptors (Lipinski definition) is 1. The van der Waals surface area contributed by atoms with Crippen molar-refractivity contribution in [2.45, 2.75) is 46.6 Å². The fraction of sp³-hybridized carbons (Fsp3) is 0.818. The van der Waals surface area contributed by atoms with Crippen LogP contribution in [0, 0.1) is 17.8 Å². The Bertz CT molecular complexity index is 150. The van der Waals surface area contributed by atoms with E-state index in [1.165, 1.54) is 6.42 Å². The number of rotatable bonds is 5. The standard InChI is InChI=1S/C11H21N/c1-5-6-7-8-11(4)9-12-10(2)3/h10-12H,7-9H2,1-4H3. The van der Waals surface area contributed by atoms with Gasteiger partial charge in [0.2, 0.25) is 0 Å². The summed E-state index contributed by atoms with van der Waals surface area (Å²) in [6, 6.07) is 0.602. The van der Waals surface area contributed by atoms with Crippen LogP contribution in [0.25, 0.3) is 0 Å². The molecular formula is C11H21N. The molecule has 1 atom stereocenters. The predicted octanol–water partition coefficient (Wildman–Crippen LogP) is 2.42. The highest BCUT2D eigenvalue weighted by Gasteiger charge is 2.00. The van der Waals surface area contributed by atoms with E-state index in [2.05, 4.69) is 37.9 Å². The van der Waals surface area contributed by atoms with Crippen molar-refractivity contribution in [2.24, 2.45) is 5.92 Å². The fourth-order valence-corrected chi connectivity index (χ4v) is 0.983. The van der Waals surface area contributed by atoms with Crippen LogP contribution in [0.15, 0.2) is 0 Å². The molecule has 0 aliphatic carbocycles. The maximum absolute atomic E-state index is 3.42. The summed E-state index contributed by atoms with van der Waals surface area (Å²) in [5, 5.41) is 3.42. The van der Waals surface area contributed by atoms with Crippen molar-refractivity contribution in [3.8, 4) is 11.8 Å². The van der Waals surface area contributed by atoms with Gasteiger partial charge in [0.15, 0.2) is 0 Å². The van der Waals surface area contributed by atoms with Crippen LogP contribution in [-0.4, -0.2) is 12.6 Å². The Morgan fingerprint density at radius 2 is 1.92 bits per heavy atom. The Labute approximate surface area is 76.9 Å². The van der Waals surface area contributed by atoms with Crippen LogP contribution in [0.2, 0.25) is 0 Å². The monoisotopic (exact) mass is 167 g/mol. The first kappa shape index (κ1) is 11.5. The molecule has 0 saturated heterocycles. The average molecular weight is 167 g/mol. The summed E-state index contributed by atoms with van der Waals surface area (Å²) < 4.78 is 0. The van der Waals surface area contributed by atoms with E-state index in [1.54, 1.807) is 0 Å². The van der Waals surface area contributed by atoms with E-state index < -0.39 is 0 Å². The van der Waals surface area contributed by atoms with Crippen molar-refractivity contribution in [1.82, 2.24) is 5.32 Å². The molecule has 0 fully saturated rings. The van der Waals surface area contributed by atoms with Gasteiger partial charge in [-0.2, -0.15) is 0 Å². The first-order chi connectivity index (χ1) is 5.66. The summed E-state index contributed by atoms with van der Waals surface area (Å²) in [5.41, 5.74) is 0. The first-order valence-electron chi connectivity index (χ1n) is 4.79. The van der Waals surface area contributed by atoms with E-state index in [4.69, 9.17) is 0 Å². The van der Waals surface area contributed by atoms with Crippen molar-refractivity contribution < 1.29 is 0 Å². The van der Waals surface area contributed by atoms with Crippen molar-refractivity contribution in [1.29, 1.82) is 0 Å². The molecule has 1 heteroatoms. The Balaban J connectivity index is 3.31. The van der Waals surface area contributed by atoms with Gasteiger partial charge in [0.1, 0.15) is 0 Å². The third kappa shape index (κ3) is 7.63. The molecule has 0 aromatic heterocycles. The molecule has 0 saturated carbocycles. The summed E-state index contributed by atoms with van der Waals surface area (Å²) in [4.78, 5) is 0. The first-order valence-corrected chi connectivity index (χ1v) is 4.79. The minimum atomic E-state index is 0.602. The molecule has 1 N–H and O–H groups in total. The summed E-state index contributed by atoms with van der Waals surface area (Å²) in [5.74, 6) is 6.75. The quantitative estimate of drug-likeness (QED) is 0.620. The van der Waals surface area contributed by atoms with E-state index >= 15 is 0 Å². The summed E-state index contributed by atoms with van der Waals surface area (Å²) in [6.45, 7) is 9.64. The highest BCUT2D eigenvalue weighted by molar-refractivity contribution is 4.94. The predicted molar refractivity (Wildman–Crippen MR) is 55.0 cm³/mol. The van der Waals surface area contributed by atoms with E-state index in [9.17, 15) is 0 Å². The zero-order valence-corrected chi connectivity index (χ0v) is 8.78. The van der Waals surface area contributed by atoms with Gasteiger partial charge in [0.25, 0.3) is 0 Å². The van der Waals surface area contributed by atoms with Gasteiger partial charge in [0, 0.05) is 12.5 Å². The highest BCUT2D eigenvalue weighted by atomic mass is 14.9. The van der Waals surface area contributed by atoms with Crippen LogP contribution in [0.3, 0.4) is 0 Å². The largest absolute Gasteiger partial charge is 0.314 e. The number of nitrogens with one attached hydrogen (secondary N) is 1. The van der Waals surface area contributed by atoms with Gasteiger partial charge < -0.3 is 5.32 Å². The smallest absolute Gasteiger partial charge is 0.00915 e. The molecule has 0 spiro atoms. The van der Waals surface area contributed by atoms with Crippen molar-refractivity contribution in [3.05, 3.63) is 0 Å². The lowest BCUT2D eigenvalue weighted by Gasteiger charge is -2.13. The second-order valence-corrected chi connectivity index (χ2v) is 3.63. The Hall–Kier alpha value is -0.480. The molecule has 70 valence electrons. The molecule has 1 unspecified atom stereocenters. The molecule has 0 heterocycles. The van der Waals surface area contributed by atoms with E-state index in [0.717, 1.165) is 18.9 Å². The summed E-state index contributed by atoms with van der Waals surface area (Å²) >= 11 is 0. The normalized spacial score (nSPS) is 12.4. The van der Waals surface area contributed by atoms with Crippen molar-refractivity contribution in [3.63, 3.8) is 0 Å². The zero-order chi connectivity index (χ0) is 9.40. The minimum Gasteiger partial charge on any atom is -0.314 e. The topological polar surface area (TPSA) is 12.0 Å². The van der Waals surface area contributed by atoms with Gasteiger partial charge in [-0.3, -0.25) is 0 Å². The van der Waals surface area contributed by atoms with Gasteiger partial charge in [-0.05, 0) is 25.8 Å². The van der Waals surface area contributed by atoms with Crippen LogP contribution in [0.5, 0.6) is 0 Å². The molecular weight excluding hydrogens is 146 g/mol. The molecule has 0 aliphatic heterocycles. The summed E-state index contributed by atoms with van der Waals surface area (Å²) in [6.07, 6.45) is 2.25. The molecule has 0 aliphatic rings. The lowest BCUT2D eigenvalue weighted by Crippen LogP contribution is -2.27. The molecule has 0 amide bonds. The lowest BCUT2D eigenvalue weighted by molar-refractivity contribution is 0.458. The molecule has 0 aromatic rings. The average Bonchev–Trinajstić information content (AvgIpc) is 2.01. The lowest BCUT2D eigenvalue weighted by atomic mass is 10.1. The Morgan fingerprint density at radius 3 is 2.42 bits per heavy atom. The molecule has 1 nitrogen and oxygen atoms in total. The van der Waals surface area contributed by atoms with E-state index in [0.29, 0.717) is 6.04 Å². The van der Waals surface area contributed by atoms with Gasteiger partial charge in [-0.15, -0.1) is 11.8 Å². The van der Waals surface area contributed by atoms with Crippen molar-refractivity contribution in [2.75, 3.05) is 6.54 Å². The van der Waals surface area contributed by atoms with Gasteiger partial charge in [0.05, 0.1) is 0 Å². The second-order valence-electron chi connectivity index (χ2n) is 3.63. The van der Waals surface area contributed by atoms with Crippen LogP contribution in [0.1, 0.15) is 40.5 Å². The molecule has 0 bridgehead atoms. The van der Waals surface area contributed by atoms with E-state index in [-0.39, 0.29) is 0 Å². The summed E-state index contributed by atoms with van der Waals surface area (Å²) in [7, 11) is 0. The highest BCUT2D eigenvalue weighted by Crippen LogP contribution is 2.03. The third-order valence-corrected chi connectivity index (χ3v) is 1.81. The maximum Gasteiger partial charge on any atom is 0.00915 e. The van der Waals surface area contributed by atoms with Crippen LogP contribution < -0.4 is 5.32 Å². The molecule has 0 radical (unpaired) electrons. The fourth-order valence-electron chi connectivity index (χ4n) is 0.983. The van der Waals surface area contributed by atoms with Crippen LogP contribution >= 0.6 is 0 Å². The molecule has 0 rings (SSSR count). The van der Waals surface area contributed by atoms with Crippen molar-refractivity contribution >= 4 is 0 Å². The van der Waals surface area contributed by atoms with Gasteiger partial charge >= 0.3 is 0 Å². The Morgan fingerprint density at radius 1 is 1.25 bits per heavy atom. The van der Waals surface area contributed by atoms with Gasteiger partial charge in [-0.1, -0.05) is 20.8 Å². The zero-order valence-electron chi connectivity index (χ0n) is 8.78. The molecule has 0 aromatic carbocycles. The van der Waals surface area contributed by atoms with E-state index in [1.807, 2.05) is 6.92 Å². The van der Waals surface area contributed by atoms with Crippen LogP contribution in [0.4, 0.5) is 0 Å². The SMILES string of the molecule is CC#CCCC(C)CNC(C)C. The van der Waals surface area contributed by atoms with Gasteiger partial charge in [-0.25, -0.2) is 0 Å². The Kier molecular flexibility index (Phi) is 6.90. The number of hydrogen-bond donors (Lipinski definition) is 1. The third-order valence-electron chi connectivity index (χ3n) is 1.81. The minimum absolute atomic E-state index is 0.602. The molecule has 12 heavy (non-hydrogen) atoms. The van der Waals surface area contributed by atoms with Crippen LogP contribution in [-0.2, 0) is 0 Å². The maximum atomic E-state index is 3.42.